The number of anilines is 2. The Labute approximate surface area is 190 Å². The van der Waals surface area contributed by atoms with E-state index in [-0.39, 0.29) is 24.6 Å². The van der Waals surface area contributed by atoms with Crippen molar-refractivity contribution in [2.75, 3.05) is 29.9 Å². The first-order valence-electron chi connectivity index (χ1n) is 10.7. The Balaban J connectivity index is 1.21. The first-order valence-corrected chi connectivity index (χ1v) is 11.1. The number of benzene rings is 2. The highest BCUT2D eigenvalue weighted by atomic mass is 35.5. The van der Waals surface area contributed by atoms with Crippen LogP contribution in [0.4, 0.5) is 16.2 Å². The summed E-state index contributed by atoms with van der Waals surface area (Å²) >= 11 is 6.10. The fourth-order valence-corrected chi connectivity index (χ4v) is 4.69. The van der Waals surface area contributed by atoms with Gasteiger partial charge in [0.15, 0.2) is 0 Å². The van der Waals surface area contributed by atoms with Crippen LogP contribution >= 0.6 is 11.6 Å². The highest BCUT2D eigenvalue weighted by molar-refractivity contribution is 6.30. The van der Waals surface area contributed by atoms with Crippen LogP contribution in [0.1, 0.15) is 18.4 Å². The number of piperidine rings is 1. The van der Waals surface area contributed by atoms with Crippen LogP contribution < -0.4 is 10.2 Å². The van der Waals surface area contributed by atoms with Crippen LogP contribution in [-0.2, 0) is 16.1 Å². The van der Waals surface area contributed by atoms with Gasteiger partial charge in [-0.05, 0) is 43.2 Å². The number of hydrogen-bond donors (Lipinski definition) is 1. The summed E-state index contributed by atoms with van der Waals surface area (Å²) in [4.78, 5) is 33.4. The zero-order chi connectivity index (χ0) is 22.1. The highest BCUT2D eigenvalue weighted by Gasteiger charge is 2.34. The maximum absolute atomic E-state index is 12.7. The number of carbonyl (C=O) groups is 2. The van der Waals surface area contributed by atoms with Crippen molar-refractivity contribution in [3.05, 3.63) is 65.3 Å². The predicted octanol–water partition coefficient (Wildman–Crippen LogP) is 4.45. The smallest absolute Gasteiger partial charge is 0.414 e. The van der Waals surface area contributed by atoms with Gasteiger partial charge in [-0.1, -0.05) is 29.8 Å². The molecule has 2 aliphatic rings. The molecule has 5 rings (SSSR count). The lowest BCUT2D eigenvalue weighted by atomic mass is 10.0. The SMILES string of the molecule is O=C(CN1CCC(N2C(=O)OCc3cc(Cl)ccc32)CC1)Nc1cccc2cccnc12. The lowest BCUT2D eigenvalue weighted by Crippen LogP contribution is -2.50. The Morgan fingerprint density at radius 3 is 2.81 bits per heavy atom. The van der Waals surface area contributed by atoms with Crippen LogP contribution in [-0.4, -0.2) is 47.6 Å². The number of ether oxygens (including phenoxy) is 1. The van der Waals surface area contributed by atoms with Gasteiger partial charge in [0, 0.05) is 41.3 Å². The second-order valence-corrected chi connectivity index (χ2v) is 8.57. The molecule has 0 aliphatic carbocycles. The van der Waals surface area contributed by atoms with Crippen LogP contribution in [0.3, 0.4) is 0 Å². The summed E-state index contributed by atoms with van der Waals surface area (Å²) in [5.41, 5.74) is 3.28. The highest BCUT2D eigenvalue weighted by Crippen LogP contribution is 2.33. The molecule has 3 aromatic rings. The van der Waals surface area contributed by atoms with E-state index < -0.39 is 0 Å². The van der Waals surface area contributed by atoms with Crippen molar-refractivity contribution in [1.82, 2.24) is 9.88 Å². The van der Waals surface area contributed by atoms with Gasteiger partial charge < -0.3 is 10.1 Å². The first kappa shape index (κ1) is 20.7. The molecule has 1 N–H and O–H groups in total. The van der Waals surface area contributed by atoms with E-state index in [2.05, 4.69) is 15.2 Å². The Bertz CT molecular complexity index is 1170. The number of pyridine rings is 1. The van der Waals surface area contributed by atoms with E-state index in [0.717, 1.165) is 48.1 Å². The van der Waals surface area contributed by atoms with E-state index in [1.165, 1.54) is 0 Å². The Morgan fingerprint density at radius 1 is 1.16 bits per heavy atom. The number of fused-ring (bicyclic) bond motifs is 2. The monoisotopic (exact) mass is 450 g/mol. The Kier molecular flexibility index (Phi) is 5.68. The lowest BCUT2D eigenvalue weighted by molar-refractivity contribution is -0.117. The molecule has 1 aromatic heterocycles. The van der Waals surface area contributed by atoms with Gasteiger partial charge >= 0.3 is 6.09 Å². The van der Waals surface area contributed by atoms with Gasteiger partial charge in [-0.15, -0.1) is 0 Å². The minimum absolute atomic E-state index is 0.0318. The summed E-state index contributed by atoms with van der Waals surface area (Å²) in [6, 6.07) is 15.2. The number of rotatable bonds is 4. The van der Waals surface area contributed by atoms with Crippen LogP contribution in [0.2, 0.25) is 5.02 Å². The molecule has 0 unspecified atom stereocenters. The van der Waals surface area contributed by atoms with Crippen molar-refractivity contribution >= 4 is 45.9 Å². The zero-order valence-electron chi connectivity index (χ0n) is 17.5. The molecule has 0 bridgehead atoms. The van der Waals surface area contributed by atoms with Crippen LogP contribution in [0, 0.1) is 0 Å². The van der Waals surface area contributed by atoms with E-state index in [1.807, 2.05) is 42.5 Å². The summed E-state index contributed by atoms with van der Waals surface area (Å²) in [7, 11) is 0. The molecule has 0 atom stereocenters. The topological polar surface area (TPSA) is 74.8 Å². The Morgan fingerprint density at radius 2 is 1.97 bits per heavy atom. The normalized spacial score (nSPS) is 17.2. The number of carbonyl (C=O) groups excluding carboxylic acids is 2. The maximum Gasteiger partial charge on any atom is 0.414 e. The van der Waals surface area contributed by atoms with Crippen molar-refractivity contribution in [2.24, 2.45) is 0 Å². The predicted molar refractivity (Wildman–Crippen MR) is 124 cm³/mol. The first-order chi connectivity index (χ1) is 15.6. The molecule has 8 heteroatoms. The minimum atomic E-state index is -0.320. The fraction of sp³-hybridized carbons (Fsp3) is 0.292. The zero-order valence-corrected chi connectivity index (χ0v) is 18.2. The van der Waals surface area contributed by atoms with Crippen LogP contribution in [0.15, 0.2) is 54.7 Å². The van der Waals surface area contributed by atoms with Crippen LogP contribution in [0.25, 0.3) is 10.9 Å². The van der Waals surface area contributed by atoms with Crippen LogP contribution in [0.5, 0.6) is 0 Å². The average Bonchev–Trinajstić information content (AvgIpc) is 2.80. The summed E-state index contributed by atoms with van der Waals surface area (Å²) in [6.07, 6.45) is 2.93. The van der Waals surface area contributed by atoms with Gasteiger partial charge in [0.25, 0.3) is 0 Å². The standard InChI is InChI=1S/C24H23ClN4O3/c25-18-6-7-21-17(13-18)15-32-24(31)29(21)19-8-11-28(12-9-19)14-22(30)27-20-5-1-3-16-4-2-10-26-23(16)20/h1-7,10,13,19H,8-9,11-12,14-15H2,(H,27,30). The number of cyclic esters (lactones) is 1. The molecule has 164 valence electrons. The van der Waals surface area contributed by atoms with Crippen molar-refractivity contribution in [3.8, 4) is 0 Å². The van der Waals surface area contributed by atoms with E-state index in [0.29, 0.717) is 17.3 Å². The fourth-order valence-electron chi connectivity index (χ4n) is 4.49. The van der Waals surface area contributed by atoms with Crippen molar-refractivity contribution in [2.45, 2.75) is 25.5 Å². The number of nitrogens with zero attached hydrogens (tertiary/aromatic N) is 3. The van der Waals surface area contributed by atoms with Gasteiger partial charge in [-0.25, -0.2) is 4.79 Å². The minimum Gasteiger partial charge on any atom is -0.444 e. The number of aromatic nitrogens is 1. The third kappa shape index (κ3) is 4.13. The molecule has 0 saturated carbocycles. The summed E-state index contributed by atoms with van der Waals surface area (Å²) < 4.78 is 5.36. The third-order valence-corrected chi connectivity index (χ3v) is 6.28. The number of halogens is 1. The molecule has 0 spiro atoms. The molecule has 32 heavy (non-hydrogen) atoms. The van der Waals surface area contributed by atoms with Gasteiger partial charge in [0.2, 0.25) is 5.91 Å². The molecule has 7 nitrogen and oxygen atoms in total. The van der Waals surface area contributed by atoms with Gasteiger partial charge in [0.1, 0.15) is 6.61 Å². The molecular formula is C24H23ClN4O3. The molecule has 1 saturated heterocycles. The quantitative estimate of drug-likeness (QED) is 0.635. The van der Waals surface area contributed by atoms with Crippen molar-refractivity contribution in [1.29, 1.82) is 0 Å². The summed E-state index contributed by atoms with van der Waals surface area (Å²) in [5, 5.41) is 4.61. The Hall–Kier alpha value is -3.16. The maximum atomic E-state index is 12.7. The number of nitrogens with one attached hydrogen (secondary N) is 1. The number of amides is 2. The average molecular weight is 451 g/mol. The molecule has 2 amide bonds. The van der Waals surface area contributed by atoms with E-state index in [1.54, 1.807) is 17.2 Å². The van der Waals surface area contributed by atoms with Crippen molar-refractivity contribution in [3.63, 3.8) is 0 Å². The second kappa shape index (κ2) is 8.76. The third-order valence-electron chi connectivity index (χ3n) is 6.05. The second-order valence-electron chi connectivity index (χ2n) is 8.13. The molecule has 2 aliphatic heterocycles. The summed E-state index contributed by atoms with van der Waals surface area (Å²) in [5.74, 6) is -0.0704. The molecule has 2 aromatic carbocycles. The lowest BCUT2D eigenvalue weighted by Gasteiger charge is -2.40. The van der Waals surface area contributed by atoms with E-state index in [4.69, 9.17) is 16.3 Å². The van der Waals surface area contributed by atoms with Gasteiger partial charge in [0.05, 0.1) is 23.4 Å². The summed E-state index contributed by atoms with van der Waals surface area (Å²) in [6.45, 7) is 1.98. The molecule has 0 radical (unpaired) electrons. The largest absolute Gasteiger partial charge is 0.444 e. The number of hydrogen-bond acceptors (Lipinski definition) is 5. The number of likely N-dealkylation sites (tertiary alicyclic amines) is 1. The molecular weight excluding hydrogens is 428 g/mol. The number of para-hydroxylation sites is 1. The van der Waals surface area contributed by atoms with E-state index in [9.17, 15) is 9.59 Å². The molecule has 1 fully saturated rings. The molecule has 3 heterocycles. The van der Waals surface area contributed by atoms with E-state index >= 15 is 0 Å². The van der Waals surface area contributed by atoms with Crippen molar-refractivity contribution < 1.29 is 14.3 Å². The van der Waals surface area contributed by atoms with Gasteiger partial charge in [-0.3, -0.25) is 19.6 Å². The van der Waals surface area contributed by atoms with Gasteiger partial charge in [-0.2, -0.15) is 0 Å².